The Morgan fingerprint density at radius 1 is 1.41 bits per heavy atom. The van der Waals surface area contributed by atoms with E-state index in [9.17, 15) is 0 Å². The van der Waals surface area contributed by atoms with Gasteiger partial charge in [-0.3, -0.25) is 4.98 Å². The van der Waals surface area contributed by atoms with Crippen LogP contribution in [0.15, 0.2) is 24.5 Å². The van der Waals surface area contributed by atoms with E-state index in [2.05, 4.69) is 30.2 Å². The van der Waals surface area contributed by atoms with Gasteiger partial charge in [0, 0.05) is 25.0 Å². The third-order valence-electron chi connectivity index (χ3n) is 2.66. The van der Waals surface area contributed by atoms with E-state index < -0.39 is 0 Å². The lowest BCUT2D eigenvalue weighted by Gasteiger charge is -2.17. The summed E-state index contributed by atoms with van der Waals surface area (Å²) in [4.78, 5) is 4.13. The number of aryl methyl sites for hydroxylation is 1. The van der Waals surface area contributed by atoms with Gasteiger partial charge in [0.15, 0.2) is 0 Å². The van der Waals surface area contributed by atoms with Crippen LogP contribution in [0, 0.1) is 0 Å². The van der Waals surface area contributed by atoms with E-state index in [0.29, 0.717) is 6.04 Å². The summed E-state index contributed by atoms with van der Waals surface area (Å²) >= 11 is 0. The molecule has 3 heteroatoms. The van der Waals surface area contributed by atoms with Crippen LogP contribution in [0.3, 0.4) is 0 Å². The predicted molar refractivity (Wildman–Crippen MR) is 71.1 cm³/mol. The van der Waals surface area contributed by atoms with Crippen LogP contribution >= 0.6 is 0 Å². The molecule has 3 nitrogen and oxygen atoms in total. The molecule has 1 atom stereocenters. The van der Waals surface area contributed by atoms with Gasteiger partial charge in [-0.15, -0.1) is 0 Å². The van der Waals surface area contributed by atoms with Gasteiger partial charge in [-0.25, -0.2) is 0 Å². The largest absolute Gasteiger partial charge is 0.380 e. The first-order chi connectivity index (χ1) is 8.36. The second-order valence-corrected chi connectivity index (χ2v) is 4.23. The number of pyridine rings is 1. The van der Waals surface area contributed by atoms with Crippen LogP contribution in [0.25, 0.3) is 0 Å². The molecular weight excluding hydrogens is 212 g/mol. The highest BCUT2D eigenvalue weighted by Gasteiger charge is 2.07. The summed E-state index contributed by atoms with van der Waals surface area (Å²) in [5.41, 5.74) is 1.30. The van der Waals surface area contributed by atoms with Gasteiger partial charge in [-0.05, 0) is 37.4 Å². The number of hydrogen-bond donors (Lipinski definition) is 1. The van der Waals surface area contributed by atoms with E-state index in [1.807, 2.05) is 18.5 Å². The van der Waals surface area contributed by atoms with Gasteiger partial charge >= 0.3 is 0 Å². The van der Waals surface area contributed by atoms with Crippen LogP contribution in [0.2, 0.25) is 0 Å². The number of nitrogens with one attached hydrogen (secondary N) is 1. The van der Waals surface area contributed by atoms with Gasteiger partial charge in [0.05, 0.1) is 6.61 Å². The maximum atomic E-state index is 5.61. The van der Waals surface area contributed by atoms with Crippen LogP contribution in [-0.4, -0.2) is 30.8 Å². The second-order valence-electron chi connectivity index (χ2n) is 4.23. The molecule has 0 amide bonds. The third-order valence-corrected chi connectivity index (χ3v) is 2.66. The van der Waals surface area contributed by atoms with Crippen LogP contribution in [0.1, 0.15) is 32.3 Å². The lowest BCUT2D eigenvalue weighted by atomic mass is 10.1. The van der Waals surface area contributed by atoms with Crippen molar-refractivity contribution in [2.45, 2.75) is 39.2 Å². The fourth-order valence-electron chi connectivity index (χ4n) is 1.79. The second kappa shape index (κ2) is 9.14. The van der Waals surface area contributed by atoms with Gasteiger partial charge in [0.1, 0.15) is 0 Å². The number of ether oxygens (including phenoxy) is 1. The Labute approximate surface area is 105 Å². The topological polar surface area (TPSA) is 34.1 Å². The molecule has 0 aliphatic rings. The minimum atomic E-state index is 0.451. The summed E-state index contributed by atoms with van der Waals surface area (Å²) in [5.74, 6) is 0. The third kappa shape index (κ3) is 6.39. The Bertz CT molecular complexity index is 277. The molecule has 0 bridgehead atoms. The van der Waals surface area contributed by atoms with Crippen molar-refractivity contribution in [3.63, 3.8) is 0 Å². The summed E-state index contributed by atoms with van der Waals surface area (Å²) in [6.07, 6.45) is 7.00. The molecule has 0 fully saturated rings. The smallest absolute Gasteiger partial charge is 0.0619 e. The SMILES string of the molecule is CCCOCC(CCc1cccnc1)NCC. The molecular formula is C14H24N2O. The van der Waals surface area contributed by atoms with Crippen molar-refractivity contribution in [3.8, 4) is 0 Å². The number of rotatable bonds is 9. The summed E-state index contributed by atoms with van der Waals surface area (Å²) in [7, 11) is 0. The molecule has 0 aliphatic carbocycles. The first-order valence-electron chi connectivity index (χ1n) is 6.56. The normalized spacial score (nSPS) is 12.6. The van der Waals surface area contributed by atoms with E-state index in [1.165, 1.54) is 5.56 Å². The Morgan fingerprint density at radius 3 is 2.94 bits per heavy atom. The van der Waals surface area contributed by atoms with E-state index in [-0.39, 0.29) is 0 Å². The molecule has 17 heavy (non-hydrogen) atoms. The van der Waals surface area contributed by atoms with Crippen molar-refractivity contribution in [1.29, 1.82) is 0 Å². The standard InChI is InChI=1S/C14H24N2O/c1-3-10-17-12-14(16-4-2)8-7-13-6-5-9-15-11-13/h5-6,9,11,14,16H,3-4,7-8,10,12H2,1-2H3. The summed E-state index contributed by atoms with van der Waals surface area (Å²) in [5, 5.41) is 3.47. The number of nitrogens with zero attached hydrogens (tertiary/aromatic N) is 1. The molecule has 0 spiro atoms. The average molecular weight is 236 g/mol. The van der Waals surface area contributed by atoms with Gasteiger partial charge in [0.25, 0.3) is 0 Å². The first kappa shape index (κ1) is 14.1. The van der Waals surface area contributed by atoms with Crippen LogP contribution in [0.4, 0.5) is 0 Å². The highest BCUT2D eigenvalue weighted by molar-refractivity contribution is 5.08. The van der Waals surface area contributed by atoms with Crippen molar-refractivity contribution in [2.24, 2.45) is 0 Å². The monoisotopic (exact) mass is 236 g/mol. The molecule has 1 unspecified atom stereocenters. The Hall–Kier alpha value is -0.930. The lowest BCUT2D eigenvalue weighted by molar-refractivity contribution is 0.110. The van der Waals surface area contributed by atoms with Gasteiger partial charge in [-0.1, -0.05) is 19.9 Å². The molecule has 1 heterocycles. The first-order valence-corrected chi connectivity index (χ1v) is 6.56. The molecule has 1 aromatic heterocycles. The zero-order valence-electron chi connectivity index (χ0n) is 11.0. The summed E-state index contributed by atoms with van der Waals surface area (Å²) in [6.45, 7) is 6.93. The van der Waals surface area contributed by atoms with Crippen molar-refractivity contribution in [1.82, 2.24) is 10.3 Å². The molecule has 1 aromatic rings. The number of likely N-dealkylation sites (N-methyl/N-ethyl adjacent to an activating group) is 1. The average Bonchev–Trinajstić information content (AvgIpc) is 2.37. The molecule has 0 saturated heterocycles. The zero-order valence-corrected chi connectivity index (χ0v) is 11.0. The minimum Gasteiger partial charge on any atom is -0.380 e. The molecule has 0 radical (unpaired) electrons. The number of aromatic nitrogens is 1. The van der Waals surface area contributed by atoms with Crippen molar-refractivity contribution < 1.29 is 4.74 Å². The van der Waals surface area contributed by atoms with E-state index in [4.69, 9.17) is 4.74 Å². The Kier molecular flexibility index (Phi) is 7.60. The van der Waals surface area contributed by atoms with E-state index in [1.54, 1.807) is 0 Å². The van der Waals surface area contributed by atoms with Crippen LogP contribution in [0.5, 0.6) is 0 Å². The molecule has 96 valence electrons. The predicted octanol–water partition coefficient (Wildman–Crippen LogP) is 2.42. The molecule has 0 aromatic carbocycles. The zero-order chi connectivity index (χ0) is 12.3. The maximum absolute atomic E-state index is 5.61. The fourth-order valence-corrected chi connectivity index (χ4v) is 1.79. The highest BCUT2D eigenvalue weighted by atomic mass is 16.5. The number of hydrogen-bond acceptors (Lipinski definition) is 3. The van der Waals surface area contributed by atoms with Crippen molar-refractivity contribution in [3.05, 3.63) is 30.1 Å². The van der Waals surface area contributed by atoms with E-state index >= 15 is 0 Å². The van der Waals surface area contributed by atoms with E-state index in [0.717, 1.165) is 39.0 Å². The van der Waals surface area contributed by atoms with Crippen molar-refractivity contribution in [2.75, 3.05) is 19.8 Å². The summed E-state index contributed by atoms with van der Waals surface area (Å²) in [6, 6.07) is 4.57. The van der Waals surface area contributed by atoms with Gasteiger partial charge < -0.3 is 10.1 Å². The molecule has 1 rings (SSSR count). The molecule has 0 aliphatic heterocycles. The minimum absolute atomic E-state index is 0.451. The fraction of sp³-hybridized carbons (Fsp3) is 0.643. The Morgan fingerprint density at radius 2 is 2.29 bits per heavy atom. The Balaban J connectivity index is 2.28. The van der Waals surface area contributed by atoms with Crippen molar-refractivity contribution >= 4 is 0 Å². The summed E-state index contributed by atoms with van der Waals surface area (Å²) < 4.78 is 5.61. The highest BCUT2D eigenvalue weighted by Crippen LogP contribution is 2.04. The molecule has 1 N–H and O–H groups in total. The van der Waals surface area contributed by atoms with Gasteiger partial charge in [0.2, 0.25) is 0 Å². The maximum Gasteiger partial charge on any atom is 0.0619 e. The lowest BCUT2D eigenvalue weighted by Crippen LogP contribution is -2.34. The molecule has 0 saturated carbocycles. The quantitative estimate of drug-likeness (QED) is 0.669. The van der Waals surface area contributed by atoms with Crippen LogP contribution < -0.4 is 5.32 Å². The van der Waals surface area contributed by atoms with Gasteiger partial charge in [-0.2, -0.15) is 0 Å². The van der Waals surface area contributed by atoms with Crippen LogP contribution in [-0.2, 0) is 11.2 Å².